The standard InChI is InChI=1S/C12H20BrNO/c13-11-6-7-14(9-11)12(15)8-10-4-2-1-3-5-10/h10-11H,1-9H2. The summed E-state index contributed by atoms with van der Waals surface area (Å²) < 4.78 is 0. The second-order valence-corrected chi connectivity index (χ2v) is 6.23. The fourth-order valence-corrected chi connectivity index (χ4v) is 3.27. The molecule has 0 aromatic heterocycles. The minimum absolute atomic E-state index is 0.392. The zero-order valence-electron chi connectivity index (χ0n) is 9.25. The number of halogens is 1. The Hall–Kier alpha value is -0.0500. The molecule has 0 radical (unpaired) electrons. The molecule has 2 fully saturated rings. The van der Waals surface area contributed by atoms with Crippen molar-refractivity contribution >= 4 is 21.8 Å². The van der Waals surface area contributed by atoms with E-state index in [0.717, 1.165) is 25.9 Å². The summed E-state index contributed by atoms with van der Waals surface area (Å²) in [5.41, 5.74) is 0. The predicted octanol–water partition coefficient (Wildman–Crippen LogP) is 2.95. The van der Waals surface area contributed by atoms with Crippen molar-refractivity contribution in [2.45, 2.75) is 49.8 Å². The Kier molecular flexibility index (Phi) is 4.06. The Morgan fingerprint density at radius 1 is 1.20 bits per heavy atom. The third kappa shape index (κ3) is 3.20. The molecule has 1 atom stereocenters. The van der Waals surface area contributed by atoms with E-state index in [-0.39, 0.29) is 0 Å². The molecule has 86 valence electrons. The molecule has 0 aromatic rings. The molecule has 1 aliphatic carbocycles. The van der Waals surface area contributed by atoms with Gasteiger partial charge in [-0.1, -0.05) is 35.2 Å². The lowest BCUT2D eigenvalue weighted by atomic mass is 9.87. The van der Waals surface area contributed by atoms with E-state index in [0.29, 0.717) is 16.7 Å². The van der Waals surface area contributed by atoms with Crippen LogP contribution in [0.3, 0.4) is 0 Å². The van der Waals surface area contributed by atoms with Crippen molar-refractivity contribution in [2.75, 3.05) is 13.1 Å². The van der Waals surface area contributed by atoms with Crippen molar-refractivity contribution in [2.24, 2.45) is 5.92 Å². The van der Waals surface area contributed by atoms with Gasteiger partial charge in [0.1, 0.15) is 0 Å². The van der Waals surface area contributed by atoms with Gasteiger partial charge in [-0.2, -0.15) is 0 Å². The molecule has 1 unspecified atom stereocenters. The summed E-state index contributed by atoms with van der Waals surface area (Å²) in [5, 5.41) is 0. The van der Waals surface area contributed by atoms with E-state index in [1.54, 1.807) is 0 Å². The van der Waals surface area contributed by atoms with Crippen molar-refractivity contribution in [1.82, 2.24) is 4.90 Å². The van der Waals surface area contributed by atoms with Crippen LogP contribution in [-0.4, -0.2) is 28.7 Å². The second-order valence-electron chi connectivity index (χ2n) is 4.93. The largest absolute Gasteiger partial charge is 0.342 e. The maximum Gasteiger partial charge on any atom is 0.222 e. The van der Waals surface area contributed by atoms with E-state index in [2.05, 4.69) is 15.9 Å². The average molecular weight is 274 g/mol. The number of hydrogen-bond acceptors (Lipinski definition) is 1. The molecule has 2 nitrogen and oxygen atoms in total. The Morgan fingerprint density at radius 2 is 1.93 bits per heavy atom. The van der Waals surface area contributed by atoms with Gasteiger partial charge in [0.25, 0.3) is 0 Å². The number of amides is 1. The SMILES string of the molecule is O=C(CC1CCCCC1)N1CCC(Br)C1. The van der Waals surface area contributed by atoms with Crippen LogP contribution in [0, 0.1) is 5.92 Å². The van der Waals surface area contributed by atoms with Gasteiger partial charge in [0.05, 0.1) is 0 Å². The first-order chi connectivity index (χ1) is 7.25. The Labute approximate surface area is 101 Å². The summed E-state index contributed by atoms with van der Waals surface area (Å²) in [6, 6.07) is 0. The lowest BCUT2D eigenvalue weighted by Crippen LogP contribution is -2.30. The van der Waals surface area contributed by atoms with Crippen LogP contribution in [0.2, 0.25) is 0 Å². The van der Waals surface area contributed by atoms with Crippen LogP contribution in [0.4, 0.5) is 0 Å². The van der Waals surface area contributed by atoms with Crippen LogP contribution in [0.1, 0.15) is 44.9 Å². The monoisotopic (exact) mass is 273 g/mol. The summed E-state index contributed by atoms with van der Waals surface area (Å²) in [6.07, 6.45) is 8.51. The Balaban J connectivity index is 1.76. The number of rotatable bonds is 2. The molecule has 1 aliphatic heterocycles. The Bertz CT molecular complexity index is 226. The molecule has 1 amide bonds. The molecule has 0 N–H and O–H groups in total. The smallest absolute Gasteiger partial charge is 0.222 e. The molecule has 0 spiro atoms. The van der Waals surface area contributed by atoms with Gasteiger partial charge in [-0.05, 0) is 25.2 Å². The fraction of sp³-hybridized carbons (Fsp3) is 0.917. The van der Waals surface area contributed by atoms with Crippen molar-refractivity contribution in [3.05, 3.63) is 0 Å². The van der Waals surface area contributed by atoms with Crippen LogP contribution in [-0.2, 0) is 4.79 Å². The van der Waals surface area contributed by atoms with Crippen molar-refractivity contribution in [3.8, 4) is 0 Å². The number of nitrogens with zero attached hydrogens (tertiary/aromatic N) is 1. The van der Waals surface area contributed by atoms with Crippen LogP contribution in [0.25, 0.3) is 0 Å². The molecular formula is C12H20BrNO. The van der Waals surface area contributed by atoms with Crippen LogP contribution < -0.4 is 0 Å². The predicted molar refractivity (Wildman–Crippen MR) is 65.1 cm³/mol. The zero-order chi connectivity index (χ0) is 10.7. The molecule has 1 saturated carbocycles. The maximum absolute atomic E-state index is 12.0. The minimum atomic E-state index is 0.392. The summed E-state index contributed by atoms with van der Waals surface area (Å²) >= 11 is 3.58. The highest BCUT2D eigenvalue weighted by Gasteiger charge is 2.26. The number of likely N-dealkylation sites (tertiary alicyclic amines) is 1. The van der Waals surface area contributed by atoms with Crippen molar-refractivity contribution in [1.29, 1.82) is 0 Å². The van der Waals surface area contributed by atoms with Gasteiger partial charge in [-0.25, -0.2) is 0 Å². The third-order valence-electron chi connectivity index (χ3n) is 3.67. The molecule has 1 heterocycles. The van der Waals surface area contributed by atoms with Gasteiger partial charge >= 0.3 is 0 Å². The quantitative estimate of drug-likeness (QED) is 0.709. The second kappa shape index (κ2) is 5.33. The van der Waals surface area contributed by atoms with E-state index >= 15 is 0 Å². The number of hydrogen-bond donors (Lipinski definition) is 0. The number of carbonyl (C=O) groups excluding carboxylic acids is 1. The van der Waals surface area contributed by atoms with E-state index in [1.165, 1.54) is 32.1 Å². The van der Waals surface area contributed by atoms with Crippen LogP contribution in [0.5, 0.6) is 0 Å². The third-order valence-corrected chi connectivity index (χ3v) is 4.42. The molecule has 3 heteroatoms. The highest BCUT2D eigenvalue weighted by molar-refractivity contribution is 9.09. The van der Waals surface area contributed by atoms with Gasteiger partial charge in [0.15, 0.2) is 0 Å². The molecule has 2 aliphatic rings. The topological polar surface area (TPSA) is 20.3 Å². The first kappa shape index (κ1) is 11.4. The van der Waals surface area contributed by atoms with Crippen LogP contribution in [0.15, 0.2) is 0 Å². The Morgan fingerprint density at radius 3 is 2.53 bits per heavy atom. The van der Waals surface area contributed by atoms with E-state index in [9.17, 15) is 4.79 Å². The first-order valence-corrected chi connectivity index (χ1v) is 7.09. The summed E-state index contributed by atoms with van der Waals surface area (Å²) in [6.45, 7) is 1.88. The van der Waals surface area contributed by atoms with E-state index in [4.69, 9.17) is 0 Å². The number of alkyl halides is 1. The average Bonchev–Trinajstić information content (AvgIpc) is 2.66. The molecule has 0 bridgehead atoms. The van der Waals surface area contributed by atoms with Crippen molar-refractivity contribution < 1.29 is 4.79 Å². The molecule has 15 heavy (non-hydrogen) atoms. The zero-order valence-corrected chi connectivity index (χ0v) is 10.8. The van der Waals surface area contributed by atoms with Gasteiger partial charge < -0.3 is 4.90 Å². The van der Waals surface area contributed by atoms with Gasteiger partial charge in [0, 0.05) is 24.3 Å². The fourth-order valence-electron chi connectivity index (χ4n) is 2.71. The highest BCUT2D eigenvalue weighted by Crippen LogP contribution is 2.27. The van der Waals surface area contributed by atoms with Gasteiger partial charge in [0.2, 0.25) is 5.91 Å². The van der Waals surface area contributed by atoms with Gasteiger partial charge in [-0.3, -0.25) is 4.79 Å². The van der Waals surface area contributed by atoms with Crippen molar-refractivity contribution in [3.63, 3.8) is 0 Å². The van der Waals surface area contributed by atoms with Gasteiger partial charge in [-0.15, -0.1) is 0 Å². The molecular weight excluding hydrogens is 254 g/mol. The normalized spacial score (nSPS) is 28.3. The maximum atomic E-state index is 12.0. The van der Waals surface area contributed by atoms with Crippen LogP contribution >= 0.6 is 15.9 Å². The molecule has 0 aromatic carbocycles. The molecule has 1 saturated heterocycles. The summed E-state index contributed by atoms with van der Waals surface area (Å²) in [4.78, 5) is 14.5. The number of carbonyl (C=O) groups is 1. The highest BCUT2D eigenvalue weighted by atomic mass is 79.9. The lowest BCUT2D eigenvalue weighted by molar-refractivity contribution is -0.131. The lowest BCUT2D eigenvalue weighted by Gasteiger charge is -2.23. The van der Waals surface area contributed by atoms with E-state index in [1.807, 2.05) is 4.90 Å². The first-order valence-electron chi connectivity index (χ1n) is 6.17. The summed E-state index contributed by atoms with van der Waals surface area (Å²) in [5.74, 6) is 1.07. The summed E-state index contributed by atoms with van der Waals surface area (Å²) in [7, 11) is 0. The minimum Gasteiger partial charge on any atom is -0.342 e. The van der Waals surface area contributed by atoms with E-state index < -0.39 is 0 Å². The molecule has 2 rings (SSSR count).